The number of aliphatic hydroxyl groups excluding tert-OH is 1. The van der Waals surface area contributed by atoms with Gasteiger partial charge in [0.15, 0.2) is 5.78 Å². The largest absolute Gasteiger partial charge is 0.480 e. The van der Waals surface area contributed by atoms with Crippen molar-refractivity contribution in [2.24, 2.45) is 0 Å². The van der Waals surface area contributed by atoms with Gasteiger partial charge < -0.3 is 15.5 Å². The highest BCUT2D eigenvalue weighted by Gasteiger charge is 2.14. The van der Waals surface area contributed by atoms with E-state index in [-0.39, 0.29) is 30.6 Å². The minimum atomic E-state index is -0.896. The van der Waals surface area contributed by atoms with E-state index in [4.69, 9.17) is 33.4 Å². The van der Waals surface area contributed by atoms with Gasteiger partial charge in [0.25, 0.3) is 0 Å². The van der Waals surface area contributed by atoms with Gasteiger partial charge in [-0.05, 0) is 19.4 Å². The average molecular weight is 288 g/mol. The van der Waals surface area contributed by atoms with E-state index in [2.05, 4.69) is 5.32 Å². The lowest BCUT2D eigenvalue weighted by molar-refractivity contribution is -0.139. The standard InChI is InChI=1S/C7H15NO3.C3H4Cl2O/c1-2-4-8-6(3-5-9)7(10)11;4-1-3(6)2-5/h6,8-9H,2-5H2,1H3,(H,10,11);1-2H2/t6-;/m0./s1. The van der Waals surface area contributed by atoms with Crippen LogP contribution >= 0.6 is 23.2 Å². The Balaban J connectivity index is 0. The molecule has 0 aromatic rings. The fourth-order valence-corrected chi connectivity index (χ4v) is 1.08. The van der Waals surface area contributed by atoms with E-state index in [1.807, 2.05) is 6.92 Å². The van der Waals surface area contributed by atoms with Crippen molar-refractivity contribution in [3.05, 3.63) is 0 Å². The molecule has 0 aliphatic heterocycles. The van der Waals surface area contributed by atoms with Gasteiger partial charge in [-0.3, -0.25) is 9.59 Å². The number of carbonyl (C=O) groups excluding carboxylic acids is 1. The summed E-state index contributed by atoms with van der Waals surface area (Å²) in [6, 6.07) is -0.597. The maximum absolute atomic E-state index is 10.4. The van der Waals surface area contributed by atoms with Gasteiger partial charge in [0, 0.05) is 6.61 Å². The maximum atomic E-state index is 10.4. The van der Waals surface area contributed by atoms with Gasteiger partial charge in [-0.25, -0.2) is 0 Å². The third-order valence-electron chi connectivity index (χ3n) is 1.65. The maximum Gasteiger partial charge on any atom is 0.320 e. The minimum Gasteiger partial charge on any atom is -0.480 e. The van der Waals surface area contributed by atoms with Crippen molar-refractivity contribution in [2.45, 2.75) is 25.8 Å². The summed E-state index contributed by atoms with van der Waals surface area (Å²) in [7, 11) is 0. The van der Waals surface area contributed by atoms with Crippen LogP contribution in [-0.4, -0.2) is 52.9 Å². The second kappa shape index (κ2) is 13.7. The van der Waals surface area contributed by atoms with Gasteiger partial charge in [0.1, 0.15) is 6.04 Å². The van der Waals surface area contributed by atoms with Crippen LogP contribution in [0.25, 0.3) is 0 Å². The fourth-order valence-electron chi connectivity index (χ4n) is 0.796. The number of hydrogen-bond donors (Lipinski definition) is 3. The Bertz CT molecular complexity index is 208. The first-order valence-corrected chi connectivity index (χ1v) is 6.31. The van der Waals surface area contributed by atoms with Crippen LogP contribution in [0.2, 0.25) is 0 Å². The number of nitrogens with one attached hydrogen (secondary N) is 1. The zero-order chi connectivity index (χ0) is 13.7. The van der Waals surface area contributed by atoms with Crippen molar-refractivity contribution < 1.29 is 19.8 Å². The lowest BCUT2D eigenvalue weighted by Crippen LogP contribution is -2.37. The number of ketones is 1. The molecule has 0 unspecified atom stereocenters. The molecule has 0 heterocycles. The molecule has 0 aromatic heterocycles. The third kappa shape index (κ3) is 13.6. The number of alkyl halides is 2. The number of aliphatic hydroxyl groups is 1. The zero-order valence-corrected chi connectivity index (χ0v) is 11.3. The lowest BCUT2D eigenvalue weighted by Gasteiger charge is -2.11. The first-order valence-electron chi connectivity index (χ1n) is 5.24. The number of rotatable bonds is 8. The Morgan fingerprint density at radius 2 is 1.82 bits per heavy atom. The molecule has 0 rings (SSSR count). The van der Waals surface area contributed by atoms with Crippen molar-refractivity contribution in [2.75, 3.05) is 24.9 Å². The van der Waals surface area contributed by atoms with E-state index in [1.54, 1.807) is 0 Å². The first-order chi connectivity index (χ1) is 8.03. The molecule has 0 aromatic carbocycles. The molecule has 0 radical (unpaired) electrons. The van der Waals surface area contributed by atoms with Crippen molar-refractivity contribution in [3.63, 3.8) is 0 Å². The summed E-state index contributed by atoms with van der Waals surface area (Å²) in [6.45, 7) is 2.55. The van der Waals surface area contributed by atoms with Crippen molar-refractivity contribution in [1.82, 2.24) is 5.32 Å². The Labute approximate surface area is 111 Å². The molecule has 0 aliphatic carbocycles. The molecular weight excluding hydrogens is 269 g/mol. The SMILES string of the molecule is CCCN[C@@H](CCO)C(=O)O.O=C(CCl)CCl. The molecule has 0 spiro atoms. The van der Waals surface area contributed by atoms with Crippen LogP contribution in [-0.2, 0) is 9.59 Å². The van der Waals surface area contributed by atoms with Gasteiger partial charge >= 0.3 is 5.97 Å². The second-order valence-corrected chi connectivity index (χ2v) is 3.70. The molecule has 17 heavy (non-hydrogen) atoms. The molecule has 0 aliphatic rings. The van der Waals surface area contributed by atoms with Gasteiger partial charge in [0.05, 0.1) is 11.8 Å². The molecule has 0 bridgehead atoms. The summed E-state index contributed by atoms with van der Waals surface area (Å²) < 4.78 is 0. The van der Waals surface area contributed by atoms with Gasteiger partial charge in [-0.15, -0.1) is 23.2 Å². The van der Waals surface area contributed by atoms with Crippen LogP contribution in [0.4, 0.5) is 0 Å². The molecule has 0 saturated heterocycles. The number of carbonyl (C=O) groups is 2. The monoisotopic (exact) mass is 287 g/mol. The number of carboxylic acid groups (broad SMARTS) is 1. The third-order valence-corrected chi connectivity index (χ3v) is 2.25. The summed E-state index contributed by atoms with van der Waals surface area (Å²) >= 11 is 10.0. The smallest absolute Gasteiger partial charge is 0.320 e. The van der Waals surface area contributed by atoms with Crippen molar-refractivity contribution >= 4 is 35.0 Å². The van der Waals surface area contributed by atoms with E-state index in [9.17, 15) is 9.59 Å². The van der Waals surface area contributed by atoms with Gasteiger partial charge in [-0.1, -0.05) is 6.92 Å². The van der Waals surface area contributed by atoms with Crippen LogP contribution in [0, 0.1) is 0 Å². The predicted molar refractivity (Wildman–Crippen MR) is 67.9 cm³/mol. The number of carboxylic acids is 1. The summed E-state index contributed by atoms with van der Waals surface area (Å²) in [4.78, 5) is 20.3. The minimum absolute atomic E-state index is 0.0312. The van der Waals surface area contributed by atoms with Crippen LogP contribution in [0.3, 0.4) is 0 Å². The summed E-state index contributed by atoms with van der Waals surface area (Å²) in [5, 5.41) is 19.8. The van der Waals surface area contributed by atoms with Crippen LogP contribution in [0.1, 0.15) is 19.8 Å². The topological polar surface area (TPSA) is 86.6 Å². The predicted octanol–water partition coefficient (Wildman–Crippen LogP) is 0.855. The molecule has 3 N–H and O–H groups in total. The fraction of sp³-hybridized carbons (Fsp3) is 0.800. The van der Waals surface area contributed by atoms with E-state index in [1.165, 1.54) is 0 Å². The molecule has 0 fully saturated rings. The highest BCUT2D eigenvalue weighted by molar-refractivity contribution is 6.35. The quantitative estimate of drug-likeness (QED) is 0.577. The highest BCUT2D eigenvalue weighted by atomic mass is 35.5. The highest BCUT2D eigenvalue weighted by Crippen LogP contribution is 1.90. The van der Waals surface area contributed by atoms with Crippen molar-refractivity contribution in [1.29, 1.82) is 0 Å². The Morgan fingerprint density at radius 3 is 2.06 bits per heavy atom. The summed E-state index contributed by atoms with van der Waals surface area (Å²) in [6.07, 6.45) is 1.17. The summed E-state index contributed by atoms with van der Waals surface area (Å²) in [5.41, 5.74) is 0. The molecule has 5 nitrogen and oxygen atoms in total. The van der Waals surface area contributed by atoms with Crippen LogP contribution in [0.15, 0.2) is 0 Å². The first kappa shape index (κ1) is 19.0. The number of hydrogen-bond acceptors (Lipinski definition) is 4. The molecule has 1 atom stereocenters. The van der Waals surface area contributed by atoms with Crippen LogP contribution < -0.4 is 5.32 Å². The molecular formula is C10H19Cl2NO4. The Morgan fingerprint density at radius 1 is 1.29 bits per heavy atom. The molecule has 0 saturated carbocycles. The Kier molecular flexibility index (Phi) is 15.3. The number of halogens is 2. The van der Waals surface area contributed by atoms with E-state index >= 15 is 0 Å². The number of Topliss-reactive ketones (excluding diaryl/α,β-unsaturated/α-hetero) is 1. The van der Waals surface area contributed by atoms with Crippen molar-refractivity contribution in [3.8, 4) is 0 Å². The number of aliphatic carboxylic acids is 1. The molecule has 0 amide bonds. The van der Waals surface area contributed by atoms with Crippen LogP contribution in [0.5, 0.6) is 0 Å². The van der Waals surface area contributed by atoms with E-state index in [0.29, 0.717) is 6.54 Å². The second-order valence-electron chi connectivity index (χ2n) is 3.16. The Hall–Kier alpha value is -0.360. The zero-order valence-electron chi connectivity index (χ0n) is 9.79. The molecule has 102 valence electrons. The normalized spacial score (nSPS) is 11.3. The lowest BCUT2D eigenvalue weighted by atomic mass is 10.2. The molecule has 7 heteroatoms. The van der Waals surface area contributed by atoms with Gasteiger partial charge in [-0.2, -0.15) is 0 Å². The van der Waals surface area contributed by atoms with E-state index < -0.39 is 12.0 Å². The van der Waals surface area contributed by atoms with Gasteiger partial charge in [0.2, 0.25) is 0 Å². The van der Waals surface area contributed by atoms with E-state index in [0.717, 1.165) is 6.42 Å². The summed E-state index contributed by atoms with van der Waals surface area (Å²) in [5.74, 6) is -0.960. The average Bonchev–Trinajstić information content (AvgIpc) is 2.33.